The van der Waals surface area contributed by atoms with Gasteiger partial charge in [-0.2, -0.15) is 5.10 Å². The molecule has 1 saturated heterocycles. The lowest BCUT2D eigenvalue weighted by Gasteiger charge is -2.32. The van der Waals surface area contributed by atoms with E-state index in [4.69, 9.17) is 0 Å². The Morgan fingerprint density at radius 2 is 1.91 bits per heavy atom. The number of nitrogens with one attached hydrogen (secondary N) is 3. The highest BCUT2D eigenvalue weighted by molar-refractivity contribution is 5.98. The van der Waals surface area contributed by atoms with Crippen LogP contribution < -0.4 is 10.6 Å². The van der Waals surface area contributed by atoms with Crippen molar-refractivity contribution >= 4 is 23.6 Å². The molecule has 0 spiro atoms. The summed E-state index contributed by atoms with van der Waals surface area (Å²) >= 11 is 0. The van der Waals surface area contributed by atoms with E-state index in [0.29, 0.717) is 50.2 Å². The van der Waals surface area contributed by atoms with Crippen LogP contribution in [0.5, 0.6) is 0 Å². The van der Waals surface area contributed by atoms with Crippen LogP contribution in [0.1, 0.15) is 59.5 Å². The van der Waals surface area contributed by atoms with Gasteiger partial charge in [0.25, 0.3) is 11.8 Å². The molecule has 2 bridgehead atoms. The maximum atomic E-state index is 14.8. The van der Waals surface area contributed by atoms with E-state index in [1.807, 2.05) is 19.9 Å². The van der Waals surface area contributed by atoms with Crippen LogP contribution in [-0.2, 0) is 16.0 Å². The molecule has 0 saturated carbocycles. The molecule has 0 unspecified atom stereocenters. The topological polar surface area (TPSA) is 140 Å². The number of carbonyl (C=O) groups excluding carboxylic acids is 4. The molecule has 3 N–H and O–H groups in total. The summed E-state index contributed by atoms with van der Waals surface area (Å²) in [6.45, 7) is 4.30. The Morgan fingerprint density at radius 1 is 1.07 bits per heavy atom. The summed E-state index contributed by atoms with van der Waals surface area (Å²) in [7, 11) is 0. The van der Waals surface area contributed by atoms with E-state index in [2.05, 4.69) is 25.8 Å². The van der Waals surface area contributed by atoms with Gasteiger partial charge in [0.05, 0.1) is 17.8 Å². The summed E-state index contributed by atoms with van der Waals surface area (Å²) in [6.07, 6.45) is 3.74. The number of rotatable bonds is 3. The lowest BCUT2D eigenvalue weighted by molar-refractivity contribution is -0.126. The van der Waals surface area contributed by atoms with Gasteiger partial charge in [-0.3, -0.25) is 29.3 Å². The van der Waals surface area contributed by atoms with Gasteiger partial charge in [-0.15, -0.1) is 0 Å². The van der Waals surface area contributed by atoms with Crippen LogP contribution in [0.25, 0.3) is 11.4 Å². The van der Waals surface area contributed by atoms with Gasteiger partial charge in [0.1, 0.15) is 23.2 Å². The van der Waals surface area contributed by atoms with Crippen LogP contribution in [0.4, 0.5) is 4.39 Å². The van der Waals surface area contributed by atoms with Crippen LogP contribution in [0.3, 0.4) is 0 Å². The number of H-pyrrole nitrogens is 1. The Hall–Kier alpha value is -4.61. The van der Waals surface area contributed by atoms with Crippen molar-refractivity contribution < 1.29 is 23.6 Å². The van der Waals surface area contributed by atoms with Crippen molar-refractivity contribution in [3.63, 3.8) is 0 Å². The van der Waals surface area contributed by atoms with Gasteiger partial charge in [-0.05, 0) is 67.5 Å². The average Bonchev–Trinajstić information content (AvgIpc) is 3.69. The van der Waals surface area contributed by atoms with Crippen molar-refractivity contribution in [3.8, 4) is 11.4 Å². The van der Waals surface area contributed by atoms with E-state index >= 15 is 0 Å². The van der Waals surface area contributed by atoms with Gasteiger partial charge in [0.15, 0.2) is 0 Å². The molecule has 1 aromatic carbocycles. The van der Waals surface area contributed by atoms with E-state index in [9.17, 15) is 23.6 Å². The number of amides is 4. The summed E-state index contributed by atoms with van der Waals surface area (Å²) < 4.78 is 14.8. The molecule has 12 heteroatoms. The number of nitrogens with zero attached hydrogens (tertiary/aromatic N) is 4. The third-order valence-corrected chi connectivity index (χ3v) is 7.95. The number of aromatic amines is 1. The molecule has 11 nitrogen and oxygen atoms in total. The van der Waals surface area contributed by atoms with Crippen LogP contribution in [0.2, 0.25) is 0 Å². The fourth-order valence-electron chi connectivity index (χ4n) is 5.48. The first-order valence-corrected chi connectivity index (χ1v) is 14.6. The number of aryl methyl sites for hydroxylation is 1. The van der Waals surface area contributed by atoms with Crippen LogP contribution >= 0.6 is 0 Å². The van der Waals surface area contributed by atoms with Crippen molar-refractivity contribution in [2.75, 3.05) is 26.2 Å². The smallest absolute Gasteiger partial charge is 0.272 e. The van der Waals surface area contributed by atoms with E-state index in [0.717, 1.165) is 5.56 Å². The first-order chi connectivity index (χ1) is 20.7. The molecule has 43 heavy (non-hydrogen) atoms. The molecule has 3 aromatic rings. The number of hydrogen-bond acceptors (Lipinski definition) is 6. The molecule has 0 aliphatic carbocycles. The van der Waals surface area contributed by atoms with Crippen molar-refractivity contribution in [2.24, 2.45) is 5.92 Å². The highest BCUT2D eigenvalue weighted by Gasteiger charge is 2.37. The number of hydrogen-bond donors (Lipinski definition) is 3. The Balaban J connectivity index is 1.43. The fourth-order valence-corrected chi connectivity index (χ4v) is 5.48. The number of aromatic nitrogens is 3. The predicted molar refractivity (Wildman–Crippen MR) is 156 cm³/mol. The Morgan fingerprint density at radius 3 is 2.67 bits per heavy atom. The molecule has 2 atom stereocenters. The molecule has 2 aromatic heterocycles. The molecule has 226 valence electrons. The Labute approximate surface area is 249 Å². The minimum absolute atomic E-state index is 0.0453. The molecule has 4 amide bonds. The molecule has 2 aliphatic rings. The zero-order chi connectivity index (χ0) is 30.5. The van der Waals surface area contributed by atoms with Crippen molar-refractivity contribution in [1.29, 1.82) is 0 Å². The second-order valence-corrected chi connectivity index (χ2v) is 11.4. The van der Waals surface area contributed by atoms with E-state index in [1.165, 1.54) is 21.9 Å². The lowest BCUT2D eigenvalue weighted by atomic mass is 10.0. The summed E-state index contributed by atoms with van der Waals surface area (Å²) in [5, 5.41) is 12.9. The number of benzene rings is 1. The number of fused-ring (bicyclic) bond motifs is 3. The highest BCUT2D eigenvalue weighted by atomic mass is 19.1. The monoisotopic (exact) mass is 589 g/mol. The number of halogens is 1. The zero-order valence-electron chi connectivity index (χ0n) is 24.3. The van der Waals surface area contributed by atoms with Gasteiger partial charge >= 0.3 is 0 Å². The summed E-state index contributed by atoms with van der Waals surface area (Å²) in [5.41, 5.74) is 1.95. The van der Waals surface area contributed by atoms with Crippen LogP contribution in [-0.4, -0.2) is 86.9 Å². The maximum absolute atomic E-state index is 14.8. The van der Waals surface area contributed by atoms with Crippen LogP contribution in [0, 0.1) is 11.7 Å². The highest BCUT2D eigenvalue weighted by Crippen LogP contribution is 2.24. The maximum Gasteiger partial charge on any atom is 0.272 e. The van der Waals surface area contributed by atoms with E-state index < -0.39 is 29.7 Å². The third kappa shape index (κ3) is 6.90. The Kier molecular flexibility index (Phi) is 9.13. The van der Waals surface area contributed by atoms with E-state index in [-0.39, 0.29) is 42.1 Å². The van der Waals surface area contributed by atoms with Crippen molar-refractivity contribution in [1.82, 2.24) is 35.6 Å². The van der Waals surface area contributed by atoms with E-state index in [1.54, 1.807) is 30.5 Å². The van der Waals surface area contributed by atoms with Crippen molar-refractivity contribution in [2.45, 2.75) is 51.6 Å². The van der Waals surface area contributed by atoms with Gasteiger partial charge in [-0.1, -0.05) is 26.0 Å². The van der Waals surface area contributed by atoms with Gasteiger partial charge in [-0.25, -0.2) is 4.39 Å². The molecule has 0 radical (unpaired) electrons. The van der Waals surface area contributed by atoms with Crippen LogP contribution in [0.15, 0.2) is 48.7 Å². The fraction of sp³-hybridized carbons (Fsp3) is 0.419. The number of pyridine rings is 1. The lowest BCUT2D eigenvalue weighted by Crippen LogP contribution is -2.54. The molecular formula is C31H36FN7O4. The molecule has 4 heterocycles. The van der Waals surface area contributed by atoms with Gasteiger partial charge in [0.2, 0.25) is 11.8 Å². The quantitative estimate of drug-likeness (QED) is 0.429. The third-order valence-electron chi connectivity index (χ3n) is 7.95. The largest absolute Gasteiger partial charge is 0.355 e. The normalized spacial score (nSPS) is 20.4. The average molecular weight is 590 g/mol. The summed E-state index contributed by atoms with van der Waals surface area (Å²) in [4.78, 5) is 60.9. The standard InChI is InChI=1S/C31H36FN7O4/c1-19(2)26-17-38(31(43)25-16-24(36-37-25)23-8-3-4-12-33-23)18-28(40)34-13-5-7-20-10-11-22(32)21(15-20)30(42)39-14-6-9-27(39)29(41)35-26/h3-4,8,10-12,15-16,19,26-27H,5-7,9,13-14,17-18H2,1-2H3,(H,34,40)(H,35,41)(H,36,37)/t26-,27-/m0/s1. The predicted octanol–water partition coefficient (Wildman–Crippen LogP) is 2.56. The second-order valence-electron chi connectivity index (χ2n) is 11.4. The Bertz CT molecular complexity index is 1490. The molecule has 1 fully saturated rings. The second kappa shape index (κ2) is 13.1. The molecule has 2 aliphatic heterocycles. The SMILES string of the molecule is CC(C)[C@@H]1CN(C(=O)c2cc(-c3ccccn3)n[nH]2)CC(=O)NCCCc2ccc(F)c(c2)C(=O)N2CCC[C@H]2C(=O)N1. The minimum atomic E-state index is -0.770. The molecule has 5 rings (SSSR count). The summed E-state index contributed by atoms with van der Waals surface area (Å²) in [5.74, 6) is -2.45. The summed E-state index contributed by atoms with van der Waals surface area (Å²) in [6, 6.07) is 10.1. The first kappa shape index (κ1) is 29.9. The van der Waals surface area contributed by atoms with Crippen molar-refractivity contribution in [3.05, 3.63) is 71.3 Å². The first-order valence-electron chi connectivity index (χ1n) is 14.6. The van der Waals surface area contributed by atoms with Gasteiger partial charge < -0.3 is 20.4 Å². The molecular weight excluding hydrogens is 553 g/mol. The number of carbonyl (C=O) groups is 4. The zero-order valence-corrected chi connectivity index (χ0v) is 24.3. The minimum Gasteiger partial charge on any atom is -0.355 e. The van der Waals surface area contributed by atoms with Gasteiger partial charge in [0, 0.05) is 31.9 Å².